The number of hydrogen-bond acceptors (Lipinski definition) is 5. The molecule has 6 nitrogen and oxygen atoms in total. The number of piperidine rings is 2. The van der Waals surface area contributed by atoms with E-state index >= 15 is 0 Å². The van der Waals surface area contributed by atoms with Crippen molar-refractivity contribution in [3.63, 3.8) is 0 Å². The number of aryl methyl sites for hydroxylation is 1. The van der Waals surface area contributed by atoms with E-state index in [0.717, 1.165) is 18.5 Å². The minimum atomic E-state index is 0.135. The second kappa shape index (κ2) is 9.32. The Labute approximate surface area is 166 Å². The summed E-state index contributed by atoms with van der Waals surface area (Å²) in [5.41, 5.74) is 0.944. The molecular weight excluding hydrogens is 352 g/mol. The fourth-order valence-corrected chi connectivity index (χ4v) is 4.61. The molecule has 2 aliphatic heterocycles. The van der Waals surface area contributed by atoms with Crippen LogP contribution in [-0.2, 0) is 11.2 Å². The van der Waals surface area contributed by atoms with E-state index in [1.807, 2.05) is 30.3 Å². The fraction of sp³-hybridized carbons (Fsp3) is 0.591. The first-order valence-corrected chi connectivity index (χ1v) is 10.7. The van der Waals surface area contributed by atoms with Crippen LogP contribution in [0.15, 0.2) is 34.9 Å². The Bertz CT molecular complexity index is 759. The Morgan fingerprint density at radius 3 is 2.89 bits per heavy atom. The molecule has 1 amide bonds. The quantitative estimate of drug-likeness (QED) is 0.794. The number of amides is 1. The molecule has 6 heteroatoms. The summed E-state index contributed by atoms with van der Waals surface area (Å²) in [7, 11) is 0. The van der Waals surface area contributed by atoms with Gasteiger partial charge in [0.1, 0.15) is 0 Å². The van der Waals surface area contributed by atoms with Gasteiger partial charge in [0.05, 0.1) is 0 Å². The lowest BCUT2D eigenvalue weighted by Gasteiger charge is -2.44. The molecule has 2 aliphatic rings. The van der Waals surface area contributed by atoms with Gasteiger partial charge in [-0.15, -0.1) is 0 Å². The van der Waals surface area contributed by atoms with Crippen molar-refractivity contribution >= 4 is 5.91 Å². The van der Waals surface area contributed by atoms with Gasteiger partial charge in [-0.25, -0.2) is 0 Å². The lowest BCUT2D eigenvalue weighted by molar-refractivity contribution is -0.121. The van der Waals surface area contributed by atoms with Gasteiger partial charge in [-0.2, -0.15) is 4.98 Å². The van der Waals surface area contributed by atoms with Gasteiger partial charge in [-0.05, 0) is 51.1 Å². The summed E-state index contributed by atoms with van der Waals surface area (Å²) in [6.45, 7) is 3.30. The zero-order chi connectivity index (χ0) is 19.2. The smallest absolute Gasteiger partial charge is 0.226 e. The monoisotopic (exact) mass is 382 g/mol. The summed E-state index contributed by atoms with van der Waals surface area (Å²) in [5.74, 6) is 1.95. The summed E-state index contributed by atoms with van der Waals surface area (Å²) in [4.78, 5) is 19.3. The third-order valence-corrected chi connectivity index (χ3v) is 6.08. The molecule has 150 valence electrons. The van der Waals surface area contributed by atoms with Crippen molar-refractivity contribution in [2.75, 3.05) is 19.6 Å². The van der Waals surface area contributed by atoms with Crippen molar-refractivity contribution in [3.8, 4) is 11.4 Å². The molecule has 0 radical (unpaired) electrons. The summed E-state index contributed by atoms with van der Waals surface area (Å²) in [5, 5.41) is 7.20. The maximum atomic E-state index is 12.3. The average Bonchev–Trinajstić information content (AvgIpc) is 3.22. The zero-order valence-electron chi connectivity index (χ0n) is 16.5. The average molecular weight is 383 g/mol. The van der Waals surface area contributed by atoms with Crippen molar-refractivity contribution in [2.24, 2.45) is 5.92 Å². The molecule has 0 unspecified atom stereocenters. The third kappa shape index (κ3) is 4.79. The van der Waals surface area contributed by atoms with Gasteiger partial charge in [0.25, 0.3) is 0 Å². The first-order valence-electron chi connectivity index (χ1n) is 10.7. The zero-order valence-corrected chi connectivity index (χ0v) is 16.5. The first kappa shape index (κ1) is 19.1. The van der Waals surface area contributed by atoms with E-state index in [9.17, 15) is 4.79 Å². The largest absolute Gasteiger partial charge is 0.356 e. The van der Waals surface area contributed by atoms with E-state index in [2.05, 4.69) is 20.4 Å². The highest BCUT2D eigenvalue weighted by atomic mass is 16.5. The molecule has 0 aliphatic carbocycles. The van der Waals surface area contributed by atoms with Gasteiger partial charge in [0.15, 0.2) is 0 Å². The second-order valence-electron chi connectivity index (χ2n) is 8.04. The van der Waals surface area contributed by atoms with Crippen molar-refractivity contribution in [1.29, 1.82) is 0 Å². The van der Waals surface area contributed by atoms with E-state index < -0.39 is 0 Å². The number of benzene rings is 1. The molecule has 28 heavy (non-hydrogen) atoms. The van der Waals surface area contributed by atoms with E-state index in [1.54, 1.807) is 0 Å². The van der Waals surface area contributed by atoms with Crippen LogP contribution >= 0.6 is 0 Å². The number of nitrogens with zero attached hydrogens (tertiary/aromatic N) is 3. The van der Waals surface area contributed by atoms with Gasteiger partial charge < -0.3 is 14.7 Å². The normalized spacial score (nSPS) is 22.6. The Balaban J connectivity index is 1.18. The van der Waals surface area contributed by atoms with Crippen molar-refractivity contribution in [2.45, 2.75) is 57.4 Å². The van der Waals surface area contributed by atoms with Crippen LogP contribution in [0.4, 0.5) is 0 Å². The van der Waals surface area contributed by atoms with Crippen LogP contribution in [0.2, 0.25) is 0 Å². The highest BCUT2D eigenvalue weighted by molar-refractivity contribution is 5.75. The lowest BCUT2D eigenvalue weighted by Crippen LogP contribution is -2.50. The van der Waals surface area contributed by atoms with E-state index in [0.29, 0.717) is 36.5 Å². The molecule has 0 spiro atoms. The summed E-state index contributed by atoms with van der Waals surface area (Å²) in [6.07, 6.45) is 8.32. The minimum absolute atomic E-state index is 0.135. The van der Waals surface area contributed by atoms with Gasteiger partial charge >= 0.3 is 0 Å². The number of carbonyl (C=O) groups is 1. The van der Waals surface area contributed by atoms with Gasteiger partial charge in [-0.3, -0.25) is 4.79 Å². The molecule has 1 aromatic carbocycles. The minimum Gasteiger partial charge on any atom is -0.356 e. The van der Waals surface area contributed by atoms with Crippen LogP contribution in [-0.4, -0.2) is 46.6 Å². The third-order valence-electron chi connectivity index (χ3n) is 6.08. The number of fused-ring (bicyclic) bond motifs is 1. The maximum absolute atomic E-state index is 12.3. The molecular formula is C22H30N4O2. The second-order valence-corrected chi connectivity index (χ2v) is 8.04. The van der Waals surface area contributed by atoms with Crippen LogP contribution in [0.1, 0.15) is 50.8 Å². The molecule has 0 bridgehead atoms. The number of rotatable bonds is 7. The predicted octanol–water partition coefficient (Wildman–Crippen LogP) is 3.44. The SMILES string of the molecule is O=C(CCCc1nc(-c2ccccc2)no1)NC[C@@H]1CCCN2CCCC[C@H]12. The highest BCUT2D eigenvalue weighted by Gasteiger charge is 2.32. The Morgan fingerprint density at radius 1 is 1.14 bits per heavy atom. The van der Waals surface area contributed by atoms with E-state index in [4.69, 9.17) is 4.52 Å². The number of carbonyl (C=O) groups excluding carboxylic acids is 1. The molecule has 1 N–H and O–H groups in total. The van der Waals surface area contributed by atoms with Crippen LogP contribution < -0.4 is 5.32 Å². The van der Waals surface area contributed by atoms with Gasteiger partial charge in [-0.1, -0.05) is 41.9 Å². The summed E-state index contributed by atoms with van der Waals surface area (Å²) < 4.78 is 5.32. The number of nitrogens with one attached hydrogen (secondary N) is 1. The Kier molecular flexibility index (Phi) is 6.37. The standard InChI is InChI=1S/C22H30N4O2/c27-20(23-16-18-10-7-15-26-14-5-4-11-19(18)26)12-6-13-21-24-22(25-28-21)17-8-2-1-3-9-17/h1-3,8-9,18-19H,4-7,10-16H2,(H,23,27)/t18-,19+/m0/s1. The molecule has 2 aromatic rings. The van der Waals surface area contributed by atoms with Crippen LogP contribution in [0.3, 0.4) is 0 Å². The summed E-state index contributed by atoms with van der Waals surface area (Å²) >= 11 is 0. The topological polar surface area (TPSA) is 71.3 Å². The van der Waals surface area contributed by atoms with Gasteiger partial charge in [0, 0.05) is 31.0 Å². The molecule has 0 saturated carbocycles. The number of aromatic nitrogens is 2. The van der Waals surface area contributed by atoms with Gasteiger partial charge in [0.2, 0.25) is 17.6 Å². The van der Waals surface area contributed by atoms with Crippen LogP contribution in [0.25, 0.3) is 11.4 Å². The predicted molar refractivity (Wildman–Crippen MR) is 108 cm³/mol. The molecule has 2 saturated heterocycles. The van der Waals surface area contributed by atoms with Crippen molar-refractivity contribution in [1.82, 2.24) is 20.4 Å². The highest BCUT2D eigenvalue weighted by Crippen LogP contribution is 2.30. The summed E-state index contributed by atoms with van der Waals surface area (Å²) in [6, 6.07) is 10.5. The Morgan fingerprint density at radius 2 is 2.00 bits per heavy atom. The van der Waals surface area contributed by atoms with Crippen LogP contribution in [0, 0.1) is 5.92 Å². The molecule has 2 fully saturated rings. The molecule has 3 heterocycles. The molecule has 2 atom stereocenters. The van der Waals surface area contributed by atoms with E-state index in [1.165, 1.54) is 45.2 Å². The number of hydrogen-bond donors (Lipinski definition) is 1. The lowest BCUT2D eigenvalue weighted by atomic mass is 9.83. The fourth-order valence-electron chi connectivity index (χ4n) is 4.61. The van der Waals surface area contributed by atoms with E-state index in [-0.39, 0.29) is 5.91 Å². The molecule has 4 rings (SSSR count). The molecule has 1 aromatic heterocycles. The van der Waals surface area contributed by atoms with Crippen LogP contribution in [0.5, 0.6) is 0 Å². The maximum Gasteiger partial charge on any atom is 0.226 e. The Hall–Kier alpha value is -2.21. The first-order chi connectivity index (χ1) is 13.8. The van der Waals surface area contributed by atoms with Crippen molar-refractivity contribution in [3.05, 3.63) is 36.2 Å². The van der Waals surface area contributed by atoms with Crippen molar-refractivity contribution < 1.29 is 9.32 Å².